The first-order valence-corrected chi connectivity index (χ1v) is 12.3. The highest BCUT2D eigenvalue weighted by molar-refractivity contribution is 6.02. The second-order valence-corrected chi connectivity index (χ2v) is 9.56. The second kappa shape index (κ2) is 8.89. The van der Waals surface area contributed by atoms with Crippen molar-refractivity contribution in [3.05, 3.63) is 84.1 Å². The Balaban J connectivity index is 1.37. The largest absolute Gasteiger partial charge is 0.359 e. The number of nitrogens with zero attached hydrogens (tertiary/aromatic N) is 5. The third-order valence-corrected chi connectivity index (χ3v) is 7.43. The Morgan fingerprint density at radius 1 is 1.06 bits per heavy atom. The van der Waals surface area contributed by atoms with Crippen molar-refractivity contribution in [3.8, 4) is 11.4 Å². The highest BCUT2D eigenvalue weighted by Crippen LogP contribution is 2.41. The van der Waals surface area contributed by atoms with E-state index in [2.05, 4.69) is 15.3 Å². The lowest BCUT2D eigenvalue weighted by atomic mass is 9.79. The maximum Gasteiger partial charge on any atom is 0.264 e. The molecule has 6 rings (SSSR count). The summed E-state index contributed by atoms with van der Waals surface area (Å²) in [7, 11) is 1.70. The maximum absolute atomic E-state index is 12.1. The van der Waals surface area contributed by atoms with Gasteiger partial charge in [-0.2, -0.15) is 10.8 Å². The van der Waals surface area contributed by atoms with E-state index in [1.165, 1.54) is 0 Å². The van der Waals surface area contributed by atoms with E-state index in [-0.39, 0.29) is 22.3 Å². The van der Waals surface area contributed by atoms with E-state index < -0.39 is 0 Å². The fraction of sp³-hybridized carbons (Fsp3) is 0.250. The fourth-order valence-electron chi connectivity index (χ4n) is 5.43. The first-order chi connectivity index (χ1) is 17.6. The van der Waals surface area contributed by atoms with E-state index in [1.54, 1.807) is 13.2 Å². The number of benzene rings is 2. The highest BCUT2D eigenvalue weighted by atomic mass is 16.1. The van der Waals surface area contributed by atoms with E-state index >= 15 is 0 Å². The van der Waals surface area contributed by atoms with E-state index in [4.69, 9.17) is 15.8 Å². The summed E-state index contributed by atoms with van der Waals surface area (Å²) in [5.74, 6) is 8.84. The van der Waals surface area contributed by atoms with Crippen LogP contribution in [0.25, 0.3) is 22.3 Å². The zero-order valence-corrected chi connectivity index (χ0v) is 20.1. The number of hydrogen-bond acceptors (Lipinski definition) is 6. The van der Waals surface area contributed by atoms with Gasteiger partial charge in [0.05, 0.1) is 23.5 Å². The van der Waals surface area contributed by atoms with Crippen molar-refractivity contribution in [2.45, 2.75) is 25.7 Å². The Bertz CT molecular complexity index is 1470. The number of aliphatic imine (C=N–C) groups is 2. The summed E-state index contributed by atoms with van der Waals surface area (Å²) in [4.78, 5) is 31.0. The number of hydrogen-bond donors (Lipinski definition) is 2. The van der Waals surface area contributed by atoms with E-state index in [0.29, 0.717) is 5.82 Å². The van der Waals surface area contributed by atoms with E-state index in [9.17, 15) is 4.79 Å². The summed E-state index contributed by atoms with van der Waals surface area (Å²) < 4.78 is -0.0175. The van der Waals surface area contributed by atoms with Gasteiger partial charge in [-0.05, 0) is 37.8 Å². The third-order valence-electron chi connectivity index (χ3n) is 7.43. The Morgan fingerprint density at radius 2 is 1.86 bits per heavy atom. The molecule has 3 aliphatic rings. The molecule has 1 saturated carbocycles. The number of fused-ring (bicyclic) bond motifs is 2. The van der Waals surface area contributed by atoms with Gasteiger partial charge in [0.25, 0.3) is 5.84 Å². The minimum absolute atomic E-state index is 0.0175. The lowest BCUT2D eigenvalue weighted by Crippen LogP contribution is -2.53. The van der Waals surface area contributed by atoms with Gasteiger partial charge in [-0.25, -0.2) is 9.97 Å². The molecule has 1 unspecified atom stereocenters. The monoisotopic (exact) mass is 478 g/mol. The molecule has 2 aliphatic heterocycles. The molecule has 1 fully saturated rings. The number of nitrogens with two attached hydrogens (primary N) is 1. The van der Waals surface area contributed by atoms with Gasteiger partial charge >= 0.3 is 0 Å². The van der Waals surface area contributed by atoms with Crippen LogP contribution in [0.2, 0.25) is 0 Å². The number of rotatable bonds is 4. The average Bonchev–Trinajstić information content (AvgIpc) is 3.25. The van der Waals surface area contributed by atoms with Gasteiger partial charge in [0.1, 0.15) is 11.9 Å². The predicted octanol–water partition coefficient (Wildman–Crippen LogP) is 4.07. The molecule has 3 N–H and O–H groups in total. The second-order valence-electron chi connectivity index (χ2n) is 9.56. The van der Waals surface area contributed by atoms with E-state index in [1.807, 2.05) is 67.1 Å². The van der Waals surface area contributed by atoms with Crippen LogP contribution in [0.3, 0.4) is 0 Å². The van der Waals surface area contributed by atoms with Crippen molar-refractivity contribution < 1.29 is 9.39 Å². The lowest BCUT2D eigenvalue weighted by Gasteiger charge is -2.28. The first kappa shape index (κ1) is 22.5. The van der Waals surface area contributed by atoms with Gasteiger partial charge in [0.2, 0.25) is 11.6 Å². The smallest absolute Gasteiger partial charge is 0.264 e. The zero-order valence-electron chi connectivity index (χ0n) is 20.1. The number of amidine groups is 1. The maximum atomic E-state index is 12.1. The lowest BCUT2D eigenvalue weighted by molar-refractivity contribution is -0.750. The number of carbonyl (C=O) groups is 1. The molecule has 1 amide bonds. The van der Waals surface area contributed by atoms with Crippen LogP contribution in [0.5, 0.6) is 0 Å². The Labute approximate surface area is 209 Å². The molecule has 3 heterocycles. The fourth-order valence-corrected chi connectivity index (χ4v) is 5.43. The van der Waals surface area contributed by atoms with Crippen LogP contribution in [-0.2, 0) is 4.79 Å². The molecule has 0 saturated heterocycles. The van der Waals surface area contributed by atoms with Gasteiger partial charge in [0.15, 0.2) is 5.82 Å². The summed E-state index contributed by atoms with van der Waals surface area (Å²) in [6, 6.07) is 16.0. The molecule has 0 spiro atoms. The predicted molar refractivity (Wildman–Crippen MR) is 140 cm³/mol. The highest BCUT2D eigenvalue weighted by Gasteiger charge is 2.46. The van der Waals surface area contributed by atoms with Crippen molar-refractivity contribution in [1.29, 1.82) is 0 Å². The molecular weight excluding hydrogens is 450 g/mol. The average molecular weight is 479 g/mol. The normalized spacial score (nSPS) is 25.1. The summed E-state index contributed by atoms with van der Waals surface area (Å²) in [5.41, 5.74) is 4.59. The van der Waals surface area contributed by atoms with Crippen molar-refractivity contribution in [2.24, 2.45) is 27.7 Å². The van der Waals surface area contributed by atoms with Gasteiger partial charge < -0.3 is 5.32 Å². The molecule has 0 radical (unpaired) electrons. The number of aromatic nitrogens is 2. The zero-order chi connectivity index (χ0) is 24.7. The van der Waals surface area contributed by atoms with Gasteiger partial charge in [-0.15, -0.1) is 4.59 Å². The summed E-state index contributed by atoms with van der Waals surface area (Å²) in [6.45, 7) is 0. The molecule has 1 atom stereocenters. The Morgan fingerprint density at radius 3 is 2.64 bits per heavy atom. The molecule has 3 aromatic rings. The van der Waals surface area contributed by atoms with Crippen LogP contribution in [0.1, 0.15) is 31.2 Å². The van der Waals surface area contributed by atoms with Crippen LogP contribution in [0, 0.1) is 11.8 Å². The third kappa shape index (κ3) is 3.75. The van der Waals surface area contributed by atoms with E-state index in [0.717, 1.165) is 64.9 Å². The topological polar surface area (TPSA) is 106 Å². The molecule has 1 aliphatic carbocycles. The molecule has 0 bridgehead atoms. The van der Waals surface area contributed by atoms with Crippen molar-refractivity contribution in [2.75, 3.05) is 7.05 Å². The SMILES string of the molecule is CNC(=O)C1CCC(C2=C3C=NC=C[N+]3(N)C(c3ccc4cnc(-c5ccccc5)nc4c3)=N2)CC1. The van der Waals surface area contributed by atoms with Crippen molar-refractivity contribution in [3.63, 3.8) is 0 Å². The van der Waals surface area contributed by atoms with Crippen LogP contribution in [-0.4, -0.2) is 39.6 Å². The standard InChI is InChI=1S/C28H27N7O/c1-30-28(36)20-9-7-18(8-10-20)25-24-17-31-13-14-35(24,29)27(34-25)21-11-12-22-16-32-26(33-23(22)15-21)19-5-3-2-4-6-19/h2-6,11-18,20H,7-10,29H2,1H3/p+1. The molecule has 1 aromatic heterocycles. The van der Waals surface area contributed by atoms with Crippen LogP contribution >= 0.6 is 0 Å². The van der Waals surface area contributed by atoms with Gasteiger partial charge in [-0.3, -0.25) is 9.79 Å². The Hall–Kier alpha value is -4.01. The van der Waals surface area contributed by atoms with Crippen LogP contribution < -0.4 is 11.2 Å². The van der Waals surface area contributed by atoms with Crippen LogP contribution in [0.15, 0.2) is 88.5 Å². The first-order valence-electron chi connectivity index (χ1n) is 12.3. The minimum atomic E-state index is -0.0175. The molecular formula is C28H28N7O+. The number of nitrogens with one attached hydrogen (secondary N) is 1. The summed E-state index contributed by atoms with van der Waals surface area (Å²) in [5, 5.41) is 3.74. The molecule has 8 nitrogen and oxygen atoms in total. The molecule has 36 heavy (non-hydrogen) atoms. The molecule has 180 valence electrons. The Kier molecular flexibility index (Phi) is 5.55. The molecule has 2 aromatic carbocycles. The summed E-state index contributed by atoms with van der Waals surface area (Å²) >= 11 is 0. The summed E-state index contributed by atoms with van der Waals surface area (Å²) in [6.07, 6.45) is 10.8. The van der Waals surface area contributed by atoms with Gasteiger partial charge in [-0.1, -0.05) is 36.4 Å². The van der Waals surface area contributed by atoms with Crippen molar-refractivity contribution in [1.82, 2.24) is 15.3 Å². The quantitative estimate of drug-likeness (QED) is 0.436. The van der Waals surface area contributed by atoms with Crippen LogP contribution in [0.4, 0.5) is 0 Å². The van der Waals surface area contributed by atoms with Gasteiger partial charge in [0, 0.05) is 36.0 Å². The number of carbonyl (C=O) groups excluding carboxylic acids is 1. The van der Waals surface area contributed by atoms with Crippen molar-refractivity contribution >= 4 is 28.9 Å². The number of allylic oxidation sites excluding steroid dienone is 2. The minimum Gasteiger partial charge on any atom is -0.359 e. The number of amides is 1. The molecule has 8 heteroatoms. The number of quaternary nitrogens is 1.